The Balaban J connectivity index is 2.05. The number of aliphatic hydroxyl groups excluding tert-OH is 1. The lowest BCUT2D eigenvalue weighted by Gasteiger charge is -2.38. The van der Waals surface area contributed by atoms with E-state index in [1.807, 2.05) is 31.2 Å². The molecule has 0 bridgehead atoms. The highest BCUT2D eigenvalue weighted by atomic mass is 79.9. The molecule has 1 heterocycles. The minimum atomic E-state index is -0.502. The van der Waals surface area contributed by atoms with E-state index in [1.165, 1.54) is 5.56 Å². The largest absolute Gasteiger partial charge is 0.482 e. The Bertz CT molecular complexity index is 653. The van der Waals surface area contributed by atoms with Crippen LogP contribution in [-0.4, -0.2) is 5.11 Å². The maximum atomic E-state index is 10.4. The van der Waals surface area contributed by atoms with E-state index in [9.17, 15) is 5.11 Å². The number of hydrogen-bond donors (Lipinski definition) is 1. The van der Waals surface area contributed by atoms with Crippen LogP contribution in [0, 0.1) is 6.92 Å². The van der Waals surface area contributed by atoms with Gasteiger partial charge >= 0.3 is 0 Å². The van der Waals surface area contributed by atoms with Crippen LogP contribution < -0.4 is 4.74 Å². The van der Waals surface area contributed by atoms with Gasteiger partial charge in [-0.05, 0) is 31.5 Å². The third-order valence-corrected chi connectivity index (χ3v) is 4.37. The minimum absolute atomic E-state index is 0.501. The molecule has 2 atom stereocenters. The summed E-state index contributed by atoms with van der Waals surface area (Å²) in [5.74, 6) is 0.752. The van der Waals surface area contributed by atoms with Gasteiger partial charge in [0.25, 0.3) is 0 Å². The second-order valence-electron chi connectivity index (χ2n) is 5.60. The SMILES string of the molecule is Cc1cccc(C2(C)CC(O)c3ccc(Br)cc3O2)c1. The fourth-order valence-corrected chi connectivity index (χ4v) is 3.13. The van der Waals surface area contributed by atoms with Crippen molar-refractivity contribution >= 4 is 15.9 Å². The molecule has 0 radical (unpaired) electrons. The summed E-state index contributed by atoms with van der Waals surface area (Å²) in [7, 11) is 0. The van der Waals surface area contributed by atoms with E-state index in [1.54, 1.807) is 0 Å². The van der Waals surface area contributed by atoms with Gasteiger partial charge in [-0.15, -0.1) is 0 Å². The zero-order valence-electron chi connectivity index (χ0n) is 11.6. The molecule has 104 valence electrons. The molecule has 1 aliphatic rings. The summed E-state index contributed by atoms with van der Waals surface area (Å²) in [4.78, 5) is 0. The van der Waals surface area contributed by atoms with E-state index in [2.05, 4.69) is 41.1 Å². The summed E-state index contributed by atoms with van der Waals surface area (Å²) in [6, 6.07) is 14.0. The first-order chi connectivity index (χ1) is 9.48. The lowest BCUT2D eigenvalue weighted by Crippen LogP contribution is -2.35. The van der Waals surface area contributed by atoms with Crippen molar-refractivity contribution in [2.45, 2.75) is 32.0 Å². The van der Waals surface area contributed by atoms with Crippen molar-refractivity contribution in [3.8, 4) is 5.75 Å². The highest BCUT2D eigenvalue weighted by Crippen LogP contribution is 2.45. The Morgan fingerprint density at radius 1 is 1.25 bits per heavy atom. The number of rotatable bonds is 1. The first kappa shape index (κ1) is 13.7. The van der Waals surface area contributed by atoms with Gasteiger partial charge in [0.15, 0.2) is 0 Å². The van der Waals surface area contributed by atoms with Gasteiger partial charge in [0, 0.05) is 16.5 Å². The number of halogens is 1. The normalized spacial score (nSPS) is 24.9. The van der Waals surface area contributed by atoms with E-state index in [0.29, 0.717) is 6.42 Å². The van der Waals surface area contributed by atoms with Crippen LogP contribution in [0.5, 0.6) is 5.75 Å². The molecular weight excluding hydrogens is 316 g/mol. The molecule has 20 heavy (non-hydrogen) atoms. The molecule has 0 fully saturated rings. The fraction of sp³-hybridized carbons (Fsp3) is 0.294. The molecule has 0 saturated heterocycles. The van der Waals surface area contributed by atoms with E-state index >= 15 is 0 Å². The lowest BCUT2D eigenvalue weighted by atomic mass is 9.84. The van der Waals surface area contributed by atoms with Crippen molar-refractivity contribution in [1.29, 1.82) is 0 Å². The smallest absolute Gasteiger partial charge is 0.134 e. The third-order valence-electron chi connectivity index (χ3n) is 3.88. The summed E-state index contributed by atoms with van der Waals surface area (Å²) in [5, 5.41) is 10.4. The van der Waals surface area contributed by atoms with Crippen molar-refractivity contribution in [2.75, 3.05) is 0 Å². The van der Waals surface area contributed by atoms with Crippen LogP contribution in [-0.2, 0) is 5.60 Å². The molecule has 0 amide bonds. The Morgan fingerprint density at radius 3 is 2.80 bits per heavy atom. The molecule has 0 aromatic heterocycles. The predicted octanol–water partition coefficient (Wildman–Crippen LogP) is 4.49. The highest BCUT2D eigenvalue weighted by molar-refractivity contribution is 9.10. The van der Waals surface area contributed by atoms with Crippen molar-refractivity contribution in [1.82, 2.24) is 0 Å². The second-order valence-corrected chi connectivity index (χ2v) is 6.52. The van der Waals surface area contributed by atoms with E-state index in [0.717, 1.165) is 21.3 Å². The Morgan fingerprint density at radius 2 is 2.05 bits per heavy atom. The Kier molecular flexibility index (Phi) is 3.35. The zero-order valence-corrected chi connectivity index (χ0v) is 13.1. The van der Waals surface area contributed by atoms with Crippen LogP contribution in [0.4, 0.5) is 0 Å². The van der Waals surface area contributed by atoms with Gasteiger partial charge in [0.1, 0.15) is 11.4 Å². The van der Waals surface area contributed by atoms with Crippen LogP contribution in [0.15, 0.2) is 46.9 Å². The second kappa shape index (κ2) is 4.90. The number of fused-ring (bicyclic) bond motifs is 1. The van der Waals surface area contributed by atoms with Gasteiger partial charge in [-0.2, -0.15) is 0 Å². The number of aliphatic hydroxyl groups is 1. The number of ether oxygens (including phenoxy) is 1. The van der Waals surface area contributed by atoms with E-state index in [-0.39, 0.29) is 0 Å². The van der Waals surface area contributed by atoms with Gasteiger partial charge in [-0.3, -0.25) is 0 Å². The zero-order chi connectivity index (χ0) is 14.3. The van der Waals surface area contributed by atoms with Crippen LogP contribution in [0.3, 0.4) is 0 Å². The number of aryl methyl sites for hydroxylation is 1. The van der Waals surface area contributed by atoms with Gasteiger partial charge in [0.2, 0.25) is 0 Å². The summed E-state index contributed by atoms with van der Waals surface area (Å²) >= 11 is 3.45. The average Bonchev–Trinajstić information content (AvgIpc) is 2.38. The van der Waals surface area contributed by atoms with Crippen LogP contribution in [0.25, 0.3) is 0 Å². The maximum Gasteiger partial charge on any atom is 0.134 e. The molecule has 2 aromatic carbocycles. The standard InChI is InChI=1S/C17H17BrO2/c1-11-4-3-5-12(8-11)17(2)10-15(19)14-7-6-13(18)9-16(14)20-17/h3-9,15,19H,10H2,1-2H3. The van der Waals surface area contributed by atoms with Gasteiger partial charge in [0.05, 0.1) is 6.10 Å². The first-order valence-electron chi connectivity index (χ1n) is 6.72. The molecule has 0 aliphatic carbocycles. The molecule has 0 spiro atoms. The predicted molar refractivity (Wildman–Crippen MR) is 82.9 cm³/mol. The van der Waals surface area contributed by atoms with Crippen LogP contribution in [0.2, 0.25) is 0 Å². The fourth-order valence-electron chi connectivity index (χ4n) is 2.79. The molecule has 2 nitrogen and oxygen atoms in total. The van der Waals surface area contributed by atoms with Crippen molar-refractivity contribution in [2.24, 2.45) is 0 Å². The number of benzene rings is 2. The molecule has 0 saturated carbocycles. The molecule has 1 N–H and O–H groups in total. The summed E-state index contributed by atoms with van der Waals surface area (Å²) in [6.07, 6.45) is 0.0582. The molecule has 2 unspecified atom stereocenters. The number of hydrogen-bond acceptors (Lipinski definition) is 2. The molecular formula is C17H17BrO2. The van der Waals surface area contributed by atoms with Crippen LogP contribution >= 0.6 is 15.9 Å². The Hall–Kier alpha value is -1.32. The molecule has 1 aliphatic heterocycles. The maximum absolute atomic E-state index is 10.4. The lowest BCUT2D eigenvalue weighted by molar-refractivity contribution is -0.00494. The summed E-state index contributed by atoms with van der Waals surface area (Å²) in [6.45, 7) is 4.10. The monoisotopic (exact) mass is 332 g/mol. The molecule has 3 rings (SSSR count). The van der Waals surface area contributed by atoms with E-state index in [4.69, 9.17) is 4.74 Å². The third kappa shape index (κ3) is 2.36. The summed E-state index contributed by atoms with van der Waals surface area (Å²) in [5.41, 5.74) is 2.65. The van der Waals surface area contributed by atoms with E-state index < -0.39 is 11.7 Å². The average molecular weight is 333 g/mol. The van der Waals surface area contributed by atoms with Crippen molar-refractivity contribution in [3.63, 3.8) is 0 Å². The first-order valence-corrected chi connectivity index (χ1v) is 7.51. The quantitative estimate of drug-likeness (QED) is 0.833. The van der Waals surface area contributed by atoms with Gasteiger partial charge < -0.3 is 9.84 Å². The Labute approximate surface area is 127 Å². The highest BCUT2D eigenvalue weighted by Gasteiger charge is 2.38. The van der Waals surface area contributed by atoms with Crippen molar-refractivity contribution < 1.29 is 9.84 Å². The molecule has 2 aromatic rings. The summed E-state index contributed by atoms with van der Waals surface area (Å²) < 4.78 is 7.18. The topological polar surface area (TPSA) is 29.5 Å². The van der Waals surface area contributed by atoms with Crippen LogP contribution in [0.1, 0.15) is 36.1 Å². The van der Waals surface area contributed by atoms with Gasteiger partial charge in [-0.1, -0.05) is 51.8 Å². The van der Waals surface area contributed by atoms with Crippen molar-refractivity contribution in [3.05, 3.63) is 63.6 Å². The minimum Gasteiger partial charge on any atom is -0.482 e. The van der Waals surface area contributed by atoms with Gasteiger partial charge in [-0.25, -0.2) is 0 Å². The molecule has 3 heteroatoms.